The molecule has 3 atom stereocenters. The Balaban J connectivity index is 1.77. The largest absolute Gasteiger partial charge is 0.318 e. The van der Waals surface area contributed by atoms with Gasteiger partial charge in [0, 0.05) is 12.6 Å². The van der Waals surface area contributed by atoms with Crippen LogP contribution in [0.3, 0.4) is 0 Å². The minimum atomic E-state index is -0.101. The van der Waals surface area contributed by atoms with E-state index in [1.807, 2.05) is 30.0 Å². The summed E-state index contributed by atoms with van der Waals surface area (Å²) >= 11 is 0. The maximum absolute atomic E-state index is 12.5. The third-order valence-corrected chi connectivity index (χ3v) is 4.62. The van der Waals surface area contributed by atoms with Gasteiger partial charge in [-0.25, -0.2) is 0 Å². The van der Waals surface area contributed by atoms with E-state index in [2.05, 4.69) is 29.3 Å². The zero-order chi connectivity index (χ0) is 14.8. The van der Waals surface area contributed by atoms with Crippen molar-refractivity contribution in [1.29, 1.82) is 0 Å². The third-order valence-electron chi connectivity index (χ3n) is 4.62. The van der Waals surface area contributed by atoms with Crippen molar-refractivity contribution in [2.24, 2.45) is 0 Å². The van der Waals surface area contributed by atoms with Crippen molar-refractivity contribution in [2.75, 3.05) is 19.6 Å². The lowest BCUT2D eigenvalue weighted by Gasteiger charge is -2.33. The monoisotopic (exact) mass is 287 g/mol. The fraction of sp³-hybridized carbons (Fsp3) is 0.588. The third kappa shape index (κ3) is 2.97. The average Bonchev–Trinajstić information content (AvgIpc) is 3.09. The SMILES string of the molecule is CC1NC(c2ccccc2)N(C(C)CN2CCCC2)C1=O. The Morgan fingerprint density at radius 1 is 1.24 bits per heavy atom. The number of likely N-dealkylation sites (tertiary alicyclic amines) is 1. The number of hydrogen-bond donors (Lipinski definition) is 1. The molecule has 114 valence electrons. The highest BCUT2D eigenvalue weighted by Gasteiger charge is 2.40. The van der Waals surface area contributed by atoms with Crippen LogP contribution < -0.4 is 5.32 Å². The van der Waals surface area contributed by atoms with Crippen molar-refractivity contribution in [2.45, 2.75) is 44.9 Å². The Hall–Kier alpha value is -1.39. The van der Waals surface area contributed by atoms with Crippen LogP contribution in [-0.4, -0.2) is 47.4 Å². The van der Waals surface area contributed by atoms with Crippen LogP contribution >= 0.6 is 0 Å². The molecule has 1 N–H and O–H groups in total. The molecule has 1 amide bonds. The van der Waals surface area contributed by atoms with Crippen LogP contribution in [0.2, 0.25) is 0 Å². The molecule has 1 aromatic rings. The molecule has 1 aromatic carbocycles. The van der Waals surface area contributed by atoms with E-state index >= 15 is 0 Å². The first kappa shape index (κ1) is 14.5. The summed E-state index contributed by atoms with van der Waals surface area (Å²) < 4.78 is 0. The molecule has 2 heterocycles. The summed E-state index contributed by atoms with van der Waals surface area (Å²) in [5, 5.41) is 3.43. The molecular formula is C17H25N3O. The van der Waals surface area contributed by atoms with Gasteiger partial charge in [-0.15, -0.1) is 0 Å². The number of rotatable bonds is 4. The minimum absolute atomic E-state index is 0.00584. The lowest BCUT2D eigenvalue weighted by molar-refractivity contribution is -0.132. The maximum atomic E-state index is 12.5. The van der Waals surface area contributed by atoms with Crippen LogP contribution in [0, 0.1) is 0 Å². The van der Waals surface area contributed by atoms with Crippen LogP contribution in [0.15, 0.2) is 30.3 Å². The number of nitrogens with zero attached hydrogens (tertiary/aromatic N) is 2. The quantitative estimate of drug-likeness (QED) is 0.920. The molecule has 3 unspecified atom stereocenters. The normalized spacial score (nSPS) is 28.3. The predicted molar refractivity (Wildman–Crippen MR) is 83.8 cm³/mol. The molecule has 0 aromatic heterocycles. The number of nitrogens with one attached hydrogen (secondary N) is 1. The highest BCUT2D eigenvalue weighted by molar-refractivity contribution is 5.84. The Kier molecular flexibility index (Phi) is 4.27. The second kappa shape index (κ2) is 6.16. The van der Waals surface area contributed by atoms with E-state index in [4.69, 9.17) is 0 Å². The summed E-state index contributed by atoms with van der Waals surface area (Å²) in [5.74, 6) is 0.218. The molecule has 0 bridgehead atoms. The molecule has 3 rings (SSSR count). The van der Waals surface area contributed by atoms with Crippen LogP contribution in [0.5, 0.6) is 0 Å². The van der Waals surface area contributed by atoms with E-state index in [9.17, 15) is 4.79 Å². The molecule has 2 saturated heterocycles. The first-order chi connectivity index (χ1) is 10.2. The van der Waals surface area contributed by atoms with E-state index in [0.29, 0.717) is 0 Å². The van der Waals surface area contributed by atoms with Gasteiger partial charge in [0.1, 0.15) is 6.17 Å². The number of carbonyl (C=O) groups excluding carboxylic acids is 1. The van der Waals surface area contributed by atoms with E-state index in [0.717, 1.165) is 6.54 Å². The molecule has 21 heavy (non-hydrogen) atoms. The average molecular weight is 287 g/mol. The zero-order valence-electron chi connectivity index (χ0n) is 13.0. The lowest BCUT2D eigenvalue weighted by atomic mass is 10.1. The number of carbonyl (C=O) groups is 1. The van der Waals surface area contributed by atoms with Gasteiger partial charge in [0.25, 0.3) is 0 Å². The Morgan fingerprint density at radius 2 is 1.90 bits per heavy atom. The molecular weight excluding hydrogens is 262 g/mol. The van der Waals surface area contributed by atoms with Gasteiger partial charge in [0.2, 0.25) is 5.91 Å². The van der Waals surface area contributed by atoms with Gasteiger partial charge in [-0.2, -0.15) is 0 Å². The van der Waals surface area contributed by atoms with E-state index < -0.39 is 0 Å². The van der Waals surface area contributed by atoms with Gasteiger partial charge in [0.15, 0.2) is 0 Å². The van der Waals surface area contributed by atoms with Gasteiger partial charge in [-0.3, -0.25) is 10.1 Å². The highest BCUT2D eigenvalue weighted by atomic mass is 16.2. The van der Waals surface area contributed by atoms with E-state index in [1.165, 1.54) is 31.5 Å². The second-order valence-electron chi connectivity index (χ2n) is 6.30. The number of hydrogen-bond acceptors (Lipinski definition) is 3. The number of amides is 1. The zero-order valence-corrected chi connectivity index (χ0v) is 13.0. The van der Waals surface area contributed by atoms with Gasteiger partial charge in [-0.1, -0.05) is 30.3 Å². The first-order valence-corrected chi connectivity index (χ1v) is 8.02. The Morgan fingerprint density at radius 3 is 2.57 bits per heavy atom. The van der Waals surface area contributed by atoms with Crippen molar-refractivity contribution >= 4 is 5.91 Å². The molecule has 2 aliphatic rings. The molecule has 2 fully saturated rings. The van der Waals surface area contributed by atoms with Gasteiger partial charge in [0.05, 0.1) is 6.04 Å². The van der Waals surface area contributed by atoms with Gasteiger partial charge in [-0.05, 0) is 45.3 Å². The number of benzene rings is 1. The van der Waals surface area contributed by atoms with E-state index in [-0.39, 0.29) is 24.2 Å². The van der Waals surface area contributed by atoms with Crippen LogP contribution in [0.25, 0.3) is 0 Å². The topological polar surface area (TPSA) is 35.6 Å². The Bertz CT molecular complexity index is 484. The van der Waals surface area contributed by atoms with Crippen LogP contribution in [-0.2, 0) is 4.79 Å². The van der Waals surface area contributed by atoms with E-state index in [1.54, 1.807) is 0 Å². The summed E-state index contributed by atoms with van der Waals surface area (Å²) in [6.07, 6.45) is 2.58. The van der Waals surface area contributed by atoms with Crippen molar-refractivity contribution in [3.8, 4) is 0 Å². The summed E-state index contributed by atoms with van der Waals surface area (Å²) in [5.41, 5.74) is 1.17. The van der Waals surface area contributed by atoms with Crippen molar-refractivity contribution in [3.63, 3.8) is 0 Å². The second-order valence-corrected chi connectivity index (χ2v) is 6.30. The molecule has 0 aliphatic carbocycles. The first-order valence-electron chi connectivity index (χ1n) is 8.02. The minimum Gasteiger partial charge on any atom is -0.318 e. The predicted octanol–water partition coefficient (Wildman–Crippen LogP) is 1.99. The summed E-state index contributed by atoms with van der Waals surface area (Å²) in [6.45, 7) is 7.45. The molecule has 4 nitrogen and oxygen atoms in total. The summed E-state index contributed by atoms with van der Waals surface area (Å²) in [6, 6.07) is 10.4. The molecule has 0 saturated carbocycles. The molecule has 4 heteroatoms. The van der Waals surface area contributed by atoms with Crippen LogP contribution in [0.1, 0.15) is 38.4 Å². The summed E-state index contributed by atoms with van der Waals surface area (Å²) in [7, 11) is 0. The standard InChI is InChI=1S/C17H25N3O/c1-13(12-19-10-6-7-11-19)20-16(18-14(2)17(20)21)15-8-4-3-5-9-15/h3-5,8-9,13-14,16,18H,6-7,10-12H2,1-2H3. The smallest absolute Gasteiger partial charge is 0.241 e. The molecule has 2 aliphatic heterocycles. The molecule has 0 radical (unpaired) electrons. The van der Waals surface area contributed by atoms with Crippen molar-refractivity contribution in [1.82, 2.24) is 15.1 Å². The van der Waals surface area contributed by atoms with Gasteiger partial charge >= 0.3 is 0 Å². The van der Waals surface area contributed by atoms with Crippen LogP contribution in [0.4, 0.5) is 0 Å². The van der Waals surface area contributed by atoms with Gasteiger partial charge < -0.3 is 9.80 Å². The highest BCUT2D eigenvalue weighted by Crippen LogP contribution is 2.28. The summed E-state index contributed by atoms with van der Waals surface area (Å²) in [4.78, 5) is 17.1. The maximum Gasteiger partial charge on any atom is 0.241 e. The van der Waals surface area contributed by atoms with Crippen molar-refractivity contribution in [3.05, 3.63) is 35.9 Å². The van der Waals surface area contributed by atoms with Crippen molar-refractivity contribution < 1.29 is 4.79 Å². The fourth-order valence-electron chi connectivity index (χ4n) is 3.53. The fourth-order valence-corrected chi connectivity index (χ4v) is 3.53. The Labute approximate surface area is 127 Å². The molecule has 0 spiro atoms. The lowest BCUT2D eigenvalue weighted by Crippen LogP contribution is -2.44.